The average molecular weight is 318 g/mol. The van der Waals surface area contributed by atoms with Crippen LogP contribution in [0.5, 0.6) is 0 Å². The minimum absolute atomic E-state index is 0.102. The summed E-state index contributed by atoms with van der Waals surface area (Å²) in [5, 5.41) is 6.39. The number of urea groups is 1. The van der Waals surface area contributed by atoms with E-state index in [-0.39, 0.29) is 25.6 Å². The summed E-state index contributed by atoms with van der Waals surface area (Å²) in [4.78, 5) is 17.1. The summed E-state index contributed by atoms with van der Waals surface area (Å²) in [7, 11) is 0. The van der Waals surface area contributed by atoms with E-state index < -0.39 is 25.1 Å². The molecule has 7 nitrogen and oxygen atoms in total. The van der Waals surface area contributed by atoms with Crippen LogP contribution in [0.3, 0.4) is 0 Å². The Labute approximate surface area is 127 Å². The lowest BCUT2D eigenvalue weighted by atomic mass is 10.2. The number of ether oxygens (including phenoxy) is 1. The molecule has 0 bridgehead atoms. The molecule has 1 aliphatic rings. The van der Waals surface area contributed by atoms with Gasteiger partial charge in [0.25, 0.3) is 5.92 Å². The van der Waals surface area contributed by atoms with E-state index in [1.807, 2.05) is 13.8 Å². The Kier molecular flexibility index (Phi) is 5.28. The summed E-state index contributed by atoms with van der Waals surface area (Å²) >= 11 is 0. The summed E-state index contributed by atoms with van der Waals surface area (Å²) < 4.78 is 36.5. The third-order valence-corrected chi connectivity index (χ3v) is 3.14. The summed E-state index contributed by atoms with van der Waals surface area (Å²) in [5.41, 5.74) is 0. The highest BCUT2D eigenvalue weighted by Gasteiger charge is 2.36. The molecule has 1 N–H and O–H groups in total. The van der Waals surface area contributed by atoms with E-state index in [2.05, 4.69) is 15.5 Å². The molecule has 22 heavy (non-hydrogen) atoms. The number of rotatable bonds is 4. The van der Waals surface area contributed by atoms with Crippen molar-refractivity contribution < 1.29 is 22.8 Å². The van der Waals surface area contributed by atoms with E-state index in [1.54, 1.807) is 0 Å². The quantitative estimate of drug-likeness (QED) is 0.908. The molecule has 0 aliphatic carbocycles. The molecule has 0 spiro atoms. The molecule has 2 heterocycles. The van der Waals surface area contributed by atoms with Crippen LogP contribution in [0.25, 0.3) is 0 Å². The second-order valence-corrected chi connectivity index (χ2v) is 5.51. The summed E-state index contributed by atoms with van der Waals surface area (Å²) in [6, 6.07) is -0.547. The molecule has 0 aromatic carbocycles. The lowest BCUT2D eigenvalue weighted by Gasteiger charge is -2.23. The average Bonchev–Trinajstić information content (AvgIpc) is 2.83. The van der Waals surface area contributed by atoms with Crippen LogP contribution in [-0.2, 0) is 11.2 Å². The fraction of sp³-hybridized carbons (Fsp3) is 0.769. The summed E-state index contributed by atoms with van der Waals surface area (Å²) in [6.45, 7) is 3.06. The largest absolute Gasteiger partial charge is 0.373 e. The molecule has 1 aromatic heterocycles. The molecule has 2 amide bonds. The molecule has 1 aliphatic heterocycles. The van der Waals surface area contributed by atoms with Gasteiger partial charge in [0.2, 0.25) is 5.89 Å². The van der Waals surface area contributed by atoms with Crippen LogP contribution in [0.2, 0.25) is 0 Å². The zero-order valence-electron chi connectivity index (χ0n) is 12.6. The highest BCUT2D eigenvalue weighted by molar-refractivity contribution is 5.74. The number of nitrogens with zero attached hydrogens (tertiary/aromatic N) is 3. The SMILES string of the molecule is CC(C)c1noc(CCNC(=O)N2CCOCC(F)(F)C2)n1. The first-order valence-corrected chi connectivity index (χ1v) is 7.18. The minimum atomic E-state index is -3.02. The van der Waals surface area contributed by atoms with Crippen LogP contribution in [0.4, 0.5) is 13.6 Å². The van der Waals surface area contributed by atoms with Gasteiger partial charge >= 0.3 is 6.03 Å². The molecule has 2 rings (SSSR count). The van der Waals surface area contributed by atoms with Crippen molar-refractivity contribution in [3.8, 4) is 0 Å². The number of amides is 2. The third kappa shape index (κ3) is 4.62. The topological polar surface area (TPSA) is 80.5 Å². The second-order valence-electron chi connectivity index (χ2n) is 5.51. The van der Waals surface area contributed by atoms with Gasteiger partial charge in [-0.15, -0.1) is 0 Å². The Bertz CT molecular complexity index is 507. The number of halogens is 2. The van der Waals surface area contributed by atoms with Crippen molar-refractivity contribution in [3.63, 3.8) is 0 Å². The number of hydrogen-bond acceptors (Lipinski definition) is 5. The van der Waals surface area contributed by atoms with Crippen molar-refractivity contribution in [1.29, 1.82) is 0 Å². The fourth-order valence-corrected chi connectivity index (χ4v) is 1.97. The van der Waals surface area contributed by atoms with Crippen LogP contribution >= 0.6 is 0 Å². The molecule has 124 valence electrons. The molecule has 1 fully saturated rings. The minimum Gasteiger partial charge on any atom is -0.373 e. The van der Waals surface area contributed by atoms with Gasteiger partial charge in [0, 0.05) is 25.4 Å². The van der Waals surface area contributed by atoms with Gasteiger partial charge in [0.15, 0.2) is 5.82 Å². The normalized spacial score (nSPS) is 18.3. The number of nitrogens with one attached hydrogen (secondary N) is 1. The van der Waals surface area contributed by atoms with Gasteiger partial charge < -0.3 is 19.5 Å². The van der Waals surface area contributed by atoms with Gasteiger partial charge in [-0.1, -0.05) is 19.0 Å². The van der Waals surface area contributed by atoms with Crippen LogP contribution < -0.4 is 5.32 Å². The van der Waals surface area contributed by atoms with Gasteiger partial charge in [-0.3, -0.25) is 0 Å². The summed E-state index contributed by atoms with van der Waals surface area (Å²) in [5.74, 6) is -1.85. The van der Waals surface area contributed by atoms with E-state index in [1.165, 1.54) is 0 Å². The molecule has 9 heteroatoms. The van der Waals surface area contributed by atoms with E-state index in [9.17, 15) is 13.6 Å². The third-order valence-electron chi connectivity index (χ3n) is 3.14. The van der Waals surface area contributed by atoms with E-state index in [0.29, 0.717) is 18.1 Å². The summed E-state index contributed by atoms with van der Waals surface area (Å²) in [6.07, 6.45) is 0.353. The Hall–Kier alpha value is -1.77. The number of hydrogen-bond donors (Lipinski definition) is 1. The van der Waals surface area contributed by atoms with Crippen molar-refractivity contribution in [2.45, 2.75) is 32.1 Å². The molecule has 1 aromatic rings. The smallest absolute Gasteiger partial charge is 0.317 e. The molecular weight excluding hydrogens is 298 g/mol. The molecular formula is C13H20F2N4O3. The van der Waals surface area contributed by atoms with Crippen molar-refractivity contribution in [2.75, 3.05) is 32.8 Å². The second kappa shape index (κ2) is 6.99. The number of aromatic nitrogens is 2. The van der Waals surface area contributed by atoms with Gasteiger partial charge in [0.1, 0.15) is 6.61 Å². The number of alkyl halides is 2. The fourth-order valence-electron chi connectivity index (χ4n) is 1.97. The first-order valence-electron chi connectivity index (χ1n) is 7.18. The Balaban J connectivity index is 1.79. The lowest BCUT2D eigenvalue weighted by molar-refractivity contribution is -0.0652. The molecule has 0 atom stereocenters. The maximum Gasteiger partial charge on any atom is 0.317 e. The number of carbonyl (C=O) groups excluding carboxylic acids is 1. The Morgan fingerprint density at radius 3 is 2.95 bits per heavy atom. The lowest BCUT2D eigenvalue weighted by Crippen LogP contribution is -2.46. The zero-order valence-corrected chi connectivity index (χ0v) is 12.6. The first-order chi connectivity index (χ1) is 10.4. The van der Waals surface area contributed by atoms with Crippen LogP contribution in [0, 0.1) is 0 Å². The Morgan fingerprint density at radius 1 is 1.50 bits per heavy atom. The van der Waals surface area contributed by atoms with Crippen LogP contribution in [0.15, 0.2) is 4.52 Å². The maximum atomic E-state index is 13.4. The van der Waals surface area contributed by atoms with Crippen molar-refractivity contribution >= 4 is 6.03 Å². The highest BCUT2D eigenvalue weighted by atomic mass is 19.3. The van der Waals surface area contributed by atoms with Crippen molar-refractivity contribution in [1.82, 2.24) is 20.4 Å². The van der Waals surface area contributed by atoms with Gasteiger partial charge in [-0.2, -0.15) is 4.98 Å². The standard InChI is InChI=1S/C13H20F2N4O3/c1-9(2)11-17-10(22-18-11)3-4-16-12(20)19-5-6-21-8-13(14,15)7-19/h9H,3-8H2,1-2H3,(H,16,20). The van der Waals surface area contributed by atoms with Crippen molar-refractivity contribution in [2.24, 2.45) is 0 Å². The molecule has 0 saturated carbocycles. The van der Waals surface area contributed by atoms with Crippen LogP contribution in [-0.4, -0.2) is 59.8 Å². The molecule has 1 saturated heterocycles. The van der Waals surface area contributed by atoms with Crippen molar-refractivity contribution in [3.05, 3.63) is 11.7 Å². The predicted molar refractivity (Wildman–Crippen MR) is 72.8 cm³/mol. The Morgan fingerprint density at radius 2 is 2.27 bits per heavy atom. The van der Waals surface area contributed by atoms with Gasteiger partial charge in [-0.25, -0.2) is 13.6 Å². The zero-order chi connectivity index (χ0) is 16.2. The first kappa shape index (κ1) is 16.6. The monoisotopic (exact) mass is 318 g/mol. The van der Waals surface area contributed by atoms with Gasteiger partial charge in [-0.05, 0) is 0 Å². The van der Waals surface area contributed by atoms with Gasteiger partial charge in [0.05, 0.1) is 13.2 Å². The highest BCUT2D eigenvalue weighted by Crippen LogP contribution is 2.18. The van der Waals surface area contributed by atoms with E-state index in [0.717, 1.165) is 4.90 Å². The van der Waals surface area contributed by atoms with E-state index in [4.69, 9.17) is 9.26 Å². The van der Waals surface area contributed by atoms with Crippen LogP contribution in [0.1, 0.15) is 31.5 Å². The molecule has 0 radical (unpaired) electrons. The number of carbonyl (C=O) groups is 1. The maximum absolute atomic E-state index is 13.4. The molecule has 0 unspecified atom stereocenters. The predicted octanol–water partition coefficient (Wildman–Crippen LogP) is 1.41. The van der Waals surface area contributed by atoms with E-state index >= 15 is 0 Å².